The summed E-state index contributed by atoms with van der Waals surface area (Å²) in [7, 11) is -3.81. The number of carbonyl (C=O) groups is 3. The van der Waals surface area contributed by atoms with Crippen LogP contribution in [0.2, 0.25) is 0 Å². The molecule has 0 bridgehead atoms. The van der Waals surface area contributed by atoms with Crippen molar-refractivity contribution in [1.82, 2.24) is 0 Å². The van der Waals surface area contributed by atoms with Gasteiger partial charge < -0.3 is 5.32 Å². The maximum atomic E-state index is 12.7. The predicted octanol–water partition coefficient (Wildman–Crippen LogP) is 1.28. The molecule has 0 saturated carbocycles. The molecule has 0 unspecified atom stereocenters. The van der Waals surface area contributed by atoms with E-state index >= 15 is 0 Å². The van der Waals surface area contributed by atoms with Gasteiger partial charge in [-0.25, -0.2) is 18.5 Å². The highest BCUT2D eigenvalue weighted by Gasteiger charge is 2.39. The fourth-order valence-corrected chi connectivity index (χ4v) is 3.34. The normalized spacial score (nSPS) is 17.3. The number of sulfonamides is 1. The molecule has 1 aliphatic heterocycles. The maximum Gasteiger partial charge on any atom is 0.256 e. The molecule has 1 atom stereocenters. The third kappa shape index (κ3) is 3.88. The number of nitrogens with zero attached hydrogens (tertiary/aromatic N) is 1. The summed E-state index contributed by atoms with van der Waals surface area (Å²) in [6.07, 6.45) is -0.0555. The van der Waals surface area contributed by atoms with Crippen LogP contribution in [0.5, 0.6) is 0 Å². The van der Waals surface area contributed by atoms with E-state index in [1.54, 1.807) is 18.2 Å². The minimum atomic E-state index is -3.81. The van der Waals surface area contributed by atoms with Gasteiger partial charge in [-0.3, -0.25) is 14.4 Å². The lowest BCUT2D eigenvalue weighted by molar-refractivity contribution is -0.121. The van der Waals surface area contributed by atoms with E-state index in [-0.39, 0.29) is 23.0 Å². The lowest BCUT2D eigenvalue weighted by Crippen LogP contribution is -2.34. The Bertz CT molecular complexity index is 1030. The summed E-state index contributed by atoms with van der Waals surface area (Å²) in [5.41, 5.74) is 1.22. The smallest absolute Gasteiger partial charge is 0.256 e. The van der Waals surface area contributed by atoms with Gasteiger partial charge in [0, 0.05) is 11.3 Å². The summed E-state index contributed by atoms with van der Waals surface area (Å²) in [5.74, 6) is -1.00. The van der Waals surface area contributed by atoms with Crippen molar-refractivity contribution in [2.75, 3.05) is 10.2 Å². The van der Waals surface area contributed by atoms with Crippen LogP contribution < -0.4 is 15.4 Å². The van der Waals surface area contributed by atoms with Crippen LogP contribution in [0.4, 0.5) is 11.4 Å². The molecule has 2 aromatic rings. The Balaban J connectivity index is 1.80. The first-order chi connectivity index (χ1) is 12.7. The average molecular weight is 387 g/mol. The van der Waals surface area contributed by atoms with E-state index in [1.807, 2.05) is 0 Å². The lowest BCUT2D eigenvalue weighted by atomic mass is 10.1. The Labute approximate surface area is 156 Å². The molecule has 9 heteroatoms. The van der Waals surface area contributed by atoms with Crippen molar-refractivity contribution in [2.45, 2.75) is 24.3 Å². The van der Waals surface area contributed by atoms with E-state index < -0.39 is 22.0 Å². The van der Waals surface area contributed by atoms with Gasteiger partial charge in [-0.15, -0.1) is 0 Å². The zero-order valence-electron chi connectivity index (χ0n) is 14.4. The number of primary sulfonamides is 1. The third-order valence-corrected chi connectivity index (χ3v) is 5.11. The van der Waals surface area contributed by atoms with Gasteiger partial charge in [0.15, 0.2) is 5.78 Å². The highest BCUT2D eigenvalue weighted by molar-refractivity contribution is 7.89. The van der Waals surface area contributed by atoms with Crippen molar-refractivity contribution in [3.8, 4) is 0 Å². The molecule has 1 fully saturated rings. The summed E-state index contributed by atoms with van der Waals surface area (Å²) in [4.78, 5) is 37.5. The second-order valence-electron chi connectivity index (χ2n) is 6.14. The Hall–Kier alpha value is -3.04. The minimum Gasteiger partial charge on any atom is -0.373 e. The number of rotatable bonds is 5. The van der Waals surface area contributed by atoms with Gasteiger partial charge in [0.1, 0.15) is 6.04 Å². The first kappa shape index (κ1) is 18.7. The van der Waals surface area contributed by atoms with Gasteiger partial charge >= 0.3 is 0 Å². The third-order valence-electron chi connectivity index (χ3n) is 4.18. The Morgan fingerprint density at radius 3 is 2.41 bits per heavy atom. The zero-order valence-corrected chi connectivity index (χ0v) is 15.2. The number of nitrogens with one attached hydrogen (secondary N) is 1. The molecular weight excluding hydrogens is 370 g/mol. The monoisotopic (exact) mass is 387 g/mol. The number of hydrogen-bond donors (Lipinski definition) is 2. The van der Waals surface area contributed by atoms with Gasteiger partial charge in [0.2, 0.25) is 15.9 Å². The SMILES string of the molecule is CC(=O)c1cccc(N2C(=O)C[C@@H](Nc3ccc(S(N)(=O)=O)cc3)C2=O)c1. The second kappa shape index (κ2) is 6.93. The molecule has 8 nitrogen and oxygen atoms in total. The molecule has 1 aliphatic rings. The first-order valence-corrected chi connectivity index (χ1v) is 9.58. The number of imide groups is 1. The van der Waals surface area contributed by atoms with E-state index in [0.29, 0.717) is 16.9 Å². The predicted molar refractivity (Wildman–Crippen MR) is 98.8 cm³/mol. The van der Waals surface area contributed by atoms with Crippen molar-refractivity contribution >= 4 is 39.0 Å². The molecule has 0 aromatic heterocycles. The van der Waals surface area contributed by atoms with Crippen LogP contribution >= 0.6 is 0 Å². The molecule has 2 aromatic carbocycles. The number of Topliss-reactive ketones (excluding diaryl/α,β-unsaturated/α-hetero) is 1. The molecule has 3 rings (SSSR count). The van der Waals surface area contributed by atoms with E-state index in [0.717, 1.165) is 4.90 Å². The summed E-state index contributed by atoms with van der Waals surface area (Å²) in [5, 5.41) is 7.97. The van der Waals surface area contributed by atoms with E-state index in [4.69, 9.17) is 5.14 Å². The minimum absolute atomic E-state index is 0.0513. The van der Waals surface area contributed by atoms with Crippen LogP contribution in [0.15, 0.2) is 53.4 Å². The zero-order chi connectivity index (χ0) is 19.8. The molecule has 0 spiro atoms. The molecule has 0 radical (unpaired) electrons. The van der Waals surface area contributed by atoms with Crippen LogP contribution in [0.3, 0.4) is 0 Å². The molecule has 3 N–H and O–H groups in total. The highest BCUT2D eigenvalue weighted by Crippen LogP contribution is 2.26. The average Bonchev–Trinajstić information content (AvgIpc) is 2.88. The Morgan fingerprint density at radius 1 is 1.15 bits per heavy atom. The van der Waals surface area contributed by atoms with Crippen LogP contribution in [-0.4, -0.2) is 32.1 Å². The number of hydrogen-bond acceptors (Lipinski definition) is 6. The number of ketones is 1. The summed E-state index contributed by atoms with van der Waals surface area (Å²) >= 11 is 0. The molecule has 1 heterocycles. The largest absolute Gasteiger partial charge is 0.373 e. The van der Waals surface area contributed by atoms with Crippen LogP contribution in [-0.2, 0) is 19.6 Å². The number of carbonyl (C=O) groups excluding carboxylic acids is 3. The van der Waals surface area contributed by atoms with Crippen LogP contribution in [0.25, 0.3) is 0 Å². The standard InChI is InChI=1S/C18H17N3O5S/c1-11(22)12-3-2-4-14(9-12)21-17(23)10-16(18(21)24)20-13-5-7-15(8-6-13)27(19,25)26/h2-9,16,20H,10H2,1H3,(H2,19,25,26)/t16-/m1/s1. The molecular formula is C18H17N3O5S. The molecule has 2 amide bonds. The van der Waals surface area contributed by atoms with Crippen molar-refractivity contribution in [1.29, 1.82) is 0 Å². The Morgan fingerprint density at radius 2 is 1.81 bits per heavy atom. The second-order valence-corrected chi connectivity index (χ2v) is 7.71. The highest BCUT2D eigenvalue weighted by atomic mass is 32.2. The van der Waals surface area contributed by atoms with Gasteiger partial charge in [-0.05, 0) is 43.3 Å². The van der Waals surface area contributed by atoms with Gasteiger partial charge in [-0.1, -0.05) is 12.1 Å². The van der Waals surface area contributed by atoms with Crippen molar-refractivity contribution in [2.24, 2.45) is 5.14 Å². The van der Waals surface area contributed by atoms with E-state index in [1.165, 1.54) is 37.3 Å². The maximum absolute atomic E-state index is 12.7. The van der Waals surface area contributed by atoms with Crippen molar-refractivity contribution < 1.29 is 22.8 Å². The summed E-state index contributed by atoms with van der Waals surface area (Å²) in [6, 6.07) is 11.1. The van der Waals surface area contributed by atoms with Gasteiger partial charge in [0.25, 0.3) is 5.91 Å². The van der Waals surface area contributed by atoms with E-state index in [9.17, 15) is 22.8 Å². The Kier molecular flexibility index (Phi) is 4.81. The summed E-state index contributed by atoms with van der Waals surface area (Å²) < 4.78 is 22.6. The number of nitrogens with two attached hydrogens (primary N) is 1. The first-order valence-electron chi connectivity index (χ1n) is 8.04. The molecule has 0 aliphatic carbocycles. The van der Waals surface area contributed by atoms with Crippen LogP contribution in [0, 0.1) is 0 Å². The van der Waals surface area contributed by atoms with Crippen LogP contribution in [0.1, 0.15) is 23.7 Å². The van der Waals surface area contributed by atoms with Gasteiger partial charge in [-0.2, -0.15) is 0 Å². The number of anilines is 2. The fourth-order valence-electron chi connectivity index (χ4n) is 2.82. The van der Waals surface area contributed by atoms with E-state index in [2.05, 4.69) is 5.32 Å². The van der Waals surface area contributed by atoms with Crippen molar-refractivity contribution in [3.63, 3.8) is 0 Å². The quantitative estimate of drug-likeness (QED) is 0.588. The molecule has 1 saturated heterocycles. The van der Waals surface area contributed by atoms with Gasteiger partial charge in [0.05, 0.1) is 17.0 Å². The topological polar surface area (TPSA) is 127 Å². The number of benzene rings is 2. The fraction of sp³-hybridized carbons (Fsp3) is 0.167. The lowest BCUT2D eigenvalue weighted by Gasteiger charge is -2.16. The van der Waals surface area contributed by atoms with Crippen molar-refractivity contribution in [3.05, 3.63) is 54.1 Å². The molecule has 27 heavy (non-hydrogen) atoms. The number of amides is 2. The molecule has 140 valence electrons. The summed E-state index contributed by atoms with van der Waals surface area (Å²) in [6.45, 7) is 1.41.